The first kappa shape index (κ1) is 13.6. The lowest BCUT2D eigenvalue weighted by atomic mass is 10.2. The van der Waals surface area contributed by atoms with Gasteiger partial charge in [0.1, 0.15) is 0 Å². The maximum Gasteiger partial charge on any atom is 0.337 e. The summed E-state index contributed by atoms with van der Waals surface area (Å²) in [7, 11) is 0. The molecule has 1 aromatic carbocycles. The topological polar surface area (TPSA) is 67.2 Å². The maximum atomic E-state index is 11.1. The number of carboxylic acids is 1. The van der Waals surface area contributed by atoms with Crippen LogP contribution in [-0.4, -0.2) is 27.4 Å². The summed E-state index contributed by atoms with van der Waals surface area (Å²) in [6.07, 6.45) is 4.52. The molecule has 100 valence electrons. The molecule has 0 radical (unpaired) electrons. The highest BCUT2D eigenvalue weighted by Crippen LogP contribution is 2.21. The van der Waals surface area contributed by atoms with Crippen molar-refractivity contribution in [3.05, 3.63) is 46.7 Å². The van der Waals surface area contributed by atoms with E-state index in [0.29, 0.717) is 12.2 Å². The van der Waals surface area contributed by atoms with Crippen molar-refractivity contribution in [1.29, 1.82) is 0 Å². The first-order chi connectivity index (χ1) is 9.16. The normalized spacial score (nSPS) is 10.4. The molecule has 0 fully saturated rings. The molecule has 0 atom stereocenters. The third-order valence-electron chi connectivity index (χ3n) is 2.65. The number of carboxylic acid groups (broad SMARTS) is 1. The number of rotatable bonds is 6. The molecule has 2 rings (SSSR count). The van der Waals surface area contributed by atoms with Crippen molar-refractivity contribution in [2.45, 2.75) is 13.0 Å². The van der Waals surface area contributed by atoms with E-state index < -0.39 is 5.97 Å². The molecule has 2 aromatic rings. The summed E-state index contributed by atoms with van der Waals surface area (Å²) >= 11 is 3.27. The number of hydrogen-bond donors (Lipinski definition) is 2. The van der Waals surface area contributed by atoms with Crippen LogP contribution >= 0.6 is 15.9 Å². The number of aromatic carboxylic acids is 1. The fraction of sp³-hybridized carbons (Fsp3) is 0.231. The highest BCUT2D eigenvalue weighted by molar-refractivity contribution is 9.10. The van der Waals surface area contributed by atoms with Crippen LogP contribution < -0.4 is 5.32 Å². The van der Waals surface area contributed by atoms with E-state index in [0.717, 1.165) is 17.4 Å². The van der Waals surface area contributed by atoms with Gasteiger partial charge in [-0.3, -0.25) is 4.68 Å². The number of benzene rings is 1. The predicted octanol–water partition coefficient (Wildman–Crippen LogP) is 2.85. The van der Waals surface area contributed by atoms with Crippen LogP contribution in [0.1, 0.15) is 16.8 Å². The summed E-state index contributed by atoms with van der Waals surface area (Å²) in [5.74, 6) is -0.934. The first-order valence-electron chi connectivity index (χ1n) is 5.91. The zero-order valence-corrected chi connectivity index (χ0v) is 11.8. The number of halogens is 1. The van der Waals surface area contributed by atoms with Crippen LogP contribution in [0.4, 0.5) is 5.69 Å². The lowest BCUT2D eigenvalue weighted by Crippen LogP contribution is -2.10. The fourth-order valence-corrected chi connectivity index (χ4v) is 2.11. The van der Waals surface area contributed by atoms with E-state index in [4.69, 9.17) is 5.11 Å². The third-order valence-corrected chi connectivity index (χ3v) is 3.14. The number of aryl methyl sites for hydroxylation is 1. The quantitative estimate of drug-likeness (QED) is 0.802. The Kier molecular flexibility index (Phi) is 4.57. The van der Waals surface area contributed by atoms with Gasteiger partial charge in [0.15, 0.2) is 0 Å². The van der Waals surface area contributed by atoms with E-state index in [-0.39, 0.29) is 5.56 Å². The second-order valence-electron chi connectivity index (χ2n) is 4.04. The standard InChI is InChI=1S/C13H14BrN3O2/c14-10-3-4-12(11(9-10)13(18)19)15-5-1-7-17-8-2-6-16-17/h2-4,6,8-9,15H,1,5,7H2,(H,18,19). The van der Waals surface area contributed by atoms with E-state index in [1.165, 1.54) is 0 Å². The van der Waals surface area contributed by atoms with Gasteiger partial charge in [0.2, 0.25) is 0 Å². The van der Waals surface area contributed by atoms with Gasteiger partial charge in [0.25, 0.3) is 0 Å². The molecule has 0 bridgehead atoms. The molecule has 0 saturated carbocycles. The van der Waals surface area contributed by atoms with E-state index >= 15 is 0 Å². The van der Waals surface area contributed by atoms with Crippen molar-refractivity contribution < 1.29 is 9.90 Å². The van der Waals surface area contributed by atoms with Crippen LogP contribution in [0.25, 0.3) is 0 Å². The monoisotopic (exact) mass is 323 g/mol. The average molecular weight is 324 g/mol. The lowest BCUT2D eigenvalue weighted by molar-refractivity contribution is 0.0698. The van der Waals surface area contributed by atoms with Gasteiger partial charge < -0.3 is 10.4 Å². The van der Waals surface area contributed by atoms with Crippen LogP contribution in [0.2, 0.25) is 0 Å². The molecule has 0 unspecified atom stereocenters. The molecule has 0 saturated heterocycles. The summed E-state index contributed by atoms with van der Waals surface area (Å²) in [6.45, 7) is 1.50. The lowest BCUT2D eigenvalue weighted by Gasteiger charge is -2.10. The molecular formula is C13H14BrN3O2. The summed E-state index contributed by atoms with van der Waals surface area (Å²) in [6, 6.07) is 7.06. The number of anilines is 1. The highest BCUT2D eigenvalue weighted by atomic mass is 79.9. The Balaban J connectivity index is 1.90. The number of hydrogen-bond acceptors (Lipinski definition) is 3. The molecule has 0 spiro atoms. The molecule has 1 heterocycles. The minimum Gasteiger partial charge on any atom is -0.478 e. The molecule has 19 heavy (non-hydrogen) atoms. The van der Waals surface area contributed by atoms with Crippen molar-refractivity contribution in [2.75, 3.05) is 11.9 Å². The van der Waals surface area contributed by atoms with Gasteiger partial charge in [0.05, 0.1) is 5.56 Å². The maximum absolute atomic E-state index is 11.1. The smallest absolute Gasteiger partial charge is 0.337 e. The molecule has 0 aliphatic rings. The average Bonchev–Trinajstić information content (AvgIpc) is 2.89. The van der Waals surface area contributed by atoms with Gasteiger partial charge in [-0.25, -0.2) is 4.79 Å². The number of nitrogens with zero attached hydrogens (tertiary/aromatic N) is 2. The van der Waals surface area contributed by atoms with Crippen molar-refractivity contribution in [2.24, 2.45) is 0 Å². The Bertz CT molecular complexity index is 555. The Labute approximate surface area is 119 Å². The number of nitrogens with one attached hydrogen (secondary N) is 1. The Morgan fingerprint density at radius 2 is 2.32 bits per heavy atom. The molecule has 0 aliphatic carbocycles. The molecule has 5 nitrogen and oxygen atoms in total. The third kappa shape index (κ3) is 3.82. The fourth-order valence-electron chi connectivity index (χ4n) is 1.74. The van der Waals surface area contributed by atoms with Crippen molar-refractivity contribution >= 4 is 27.6 Å². The van der Waals surface area contributed by atoms with Gasteiger partial charge >= 0.3 is 5.97 Å². The molecule has 1 aromatic heterocycles. The minimum absolute atomic E-state index is 0.272. The SMILES string of the molecule is O=C(O)c1cc(Br)ccc1NCCCn1cccn1. The van der Waals surface area contributed by atoms with Gasteiger partial charge in [0, 0.05) is 35.6 Å². The predicted molar refractivity (Wildman–Crippen MR) is 76.4 cm³/mol. The van der Waals surface area contributed by atoms with E-state index in [9.17, 15) is 4.79 Å². The molecule has 2 N–H and O–H groups in total. The van der Waals surface area contributed by atoms with Crippen LogP contribution in [-0.2, 0) is 6.54 Å². The van der Waals surface area contributed by atoms with Gasteiger partial charge in [-0.2, -0.15) is 5.10 Å². The van der Waals surface area contributed by atoms with Crippen LogP contribution in [0, 0.1) is 0 Å². The molecular weight excluding hydrogens is 310 g/mol. The van der Waals surface area contributed by atoms with Crippen LogP contribution in [0.15, 0.2) is 41.1 Å². The van der Waals surface area contributed by atoms with Crippen LogP contribution in [0.3, 0.4) is 0 Å². The summed E-state index contributed by atoms with van der Waals surface area (Å²) in [5, 5.41) is 16.4. The van der Waals surface area contributed by atoms with E-state index in [1.807, 2.05) is 23.0 Å². The summed E-state index contributed by atoms with van der Waals surface area (Å²) < 4.78 is 2.61. The molecule has 0 aliphatic heterocycles. The Morgan fingerprint density at radius 3 is 3.00 bits per heavy atom. The Hall–Kier alpha value is -1.82. The largest absolute Gasteiger partial charge is 0.478 e. The highest BCUT2D eigenvalue weighted by Gasteiger charge is 2.09. The van der Waals surface area contributed by atoms with Crippen LogP contribution in [0.5, 0.6) is 0 Å². The zero-order chi connectivity index (χ0) is 13.7. The van der Waals surface area contributed by atoms with E-state index in [1.54, 1.807) is 18.3 Å². The molecule has 6 heteroatoms. The summed E-state index contributed by atoms with van der Waals surface area (Å²) in [4.78, 5) is 11.1. The first-order valence-corrected chi connectivity index (χ1v) is 6.70. The minimum atomic E-state index is -0.934. The van der Waals surface area contributed by atoms with E-state index in [2.05, 4.69) is 26.3 Å². The summed E-state index contributed by atoms with van der Waals surface area (Å²) in [5.41, 5.74) is 0.907. The number of aromatic nitrogens is 2. The Morgan fingerprint density at radius 1 is 1.47 bits per heavy atom. The zero-order valence-electron chi connectivity index (χ0n) is 10.2. The van der Waals surface area contributed by atoms with Gasteiger partial charge in [-0.05, 0) is 30.7 Å². The van der Waals surface area contributed by atoms with Crippen molar-refractivity contribution in [3.63, 3.8) is 0 Å². The van der Waals surface area contributed by atoms with Gasteiger partial charge in [-0.15, -0.1) is 0 Å². The van der Waals surface area contributed by atoms with Crippen molar-refractivity contribution in [1.82, 2.24) is 9.78 Å². The number of carbonyl (C=O) groups is 1. The molecule has 0 amide bonds. The van der Waals surface area contributed by atoms with Crippen molar-refractivity contribution in [3.8, 4) is 0 Å². The second kappa shape index (κ2) is 6.38. The second-order valence-corrected chi connectivity index (χ2v) is 4.96. The van der Waals surface area contributed by atoms with Gasteiger partial charge in [-0.1, -0.05) is 15.9 Å².